The summed E-state index contributed by atoms with van der Waals surface area (Å²) in [7, 11) is 1.61. The molecule has 3 rings (SSSR count). The third-order valence-corrected chi connectivity index (χ3v) is 3.95. The Morgan fingerprint density at radius 1 is 1.00 bits per heavy atom. The zero-order valence-electron chi connectivity index (χ0n) is 12.9. The predicted molar refractivity (Wildman–Crippen MR) is 86.5 cm³/mol. The van der Waals surface area contributed by atoms with Crippen LogP contribution < -0.4 is 10.5 Å². The van der Waals surface area contributed by atoms with E-state index in [0.29, 0.717) is 17.5 Å². The van der Waals surface area contributed by atoms with Crippen LogP contribution in [0.25, 0.3) is 0 Å². The maximum atomic E-state index is 12.3. The number of nitrogens with two attached hydrogens (primary N) is 1. The van der Waals surface area contributed by atoms with E-state index in [-0.39, 0.29) is 24.4 Å². The summed E-state index contributed by atoms with van der Waals surface area (Å²) in [6, 6.07) is 14.1. The summed E-state index contributed by atoms with van der Waals surface area (Å²) in [5.41, 5.74) is 8.08. The first-order valence-corrected chi connectivity index (χ1v) is 7.44. The Balaban J connectivity index is 1.67. The lowest BCUT2D eigenvalue weighted by molar-refractivity contribution is 0.0644. The molecule has 2 aromatic carbocycles. The second kappa shape index (κ2) is 6.22. The third kappa shape index (κ3) is 2.96. The van der Waals surface area contributed by atoms with Gasteiger partial charge in [0, 0.05) is 12.6 Å². The number of amides is 2. The lowest BCUT2D eigenvalue weighted by Crippen LogP contribution is -2.41. The highest BCUT2D eigenvalue weighted by atomic mass is 16.5. The van der Waals surface area contributed by atoms with Crippen LogP contribution in [0.1, 0.15) is 26.3 Å². The summed E-state index contributed by atoms with van der Waals surface area (Å²) in [6.07, 6.45) is 0.581. The van der Waals surface area contributed by atoms with E-state index >= 15 is 0 Å². The fraction of sp³-hybridized carbons (Fsp3) is 0.222. The minimum Gasteiger partial charge on any atom is -0.497 e. The van der Waals surface area contributed by atoms with Crippen LogP contribution in [0.5, 0.6) is 5.75 Å². The van der Waals surface area contributed by atoms with Crippen LogP contribution >= 0.6 is 0 Å². The van der Waals surface area contributed by atoms with Crippen molar-refractivity contribution in [1.82, 2.24) is 4.90 Å². The van der Waals surface area contributed by atoms with Crippen molar-refractivity contribution in [2.45, 2.75) is 12.5 Å². The highest BCUT2D eigenvalue weighted by Gasteiger charge is 2.35. The average Bonchev–Trinajstić information content (AvgIpc) is 2.81. The number of hydrogen-bond acceptors (Lipinski definition) is 4. The molecule has 0 saturated carbocycles. The van der Waals surface area contributed by atoms with Gasteiger partial charge >= 0.3 is 0 Å². The van der Waals surface area contributed by atoms with E-state index < -0.39 is 0 Å². The van der Waals surface area contributed by atoms with E-state index in [2.05, 4.69) is 0 Å². The number of ether oxygens (including phenoxy) is 1. The van der Waals surface area contributed by atoms with E-state index in [1.54, 1.807) is 31.4 Å². The number of methoxy groups -OCH3 is 1. The second-order valence-corrected chi connectivity index (χ2v) is 5.58. The van der Waals surface area contributed by atoms with E-state index in [4.69, 9.17) is 10.5 Å². The number of fused-ring (bicyclic) bond motifs is 1. The Bertz CT molecular complexity index is 705. The number of carbonyl (C=O) groups is 2. The zero-order valence-corrected chi connectivity index (χ0v) is 12.9. The van der Waals surface area contributed by atoms with Gasteiger partial charge in [0.1, 0.15) is 5.75 Å². The monoisotopic (exact) mass is 310 g/mol. The van der Waals surface area contributed by atoms with E-state index in [9.17, 15) is 9.59 Å². The minimum atomic E-state index is -0.314. The summed E-state index contributed by atoms with van der Waals surface area (Å²) >= 11 is 0. The van der Waals surface area contributed by atoms with Gasteiger partial charge in [-0.1, -0.05) is 24.3 Å². The Hall–Kier alpha value is -2.66. The van der Waals surface area contributed by atoms with Gasteiger partial charge in [-0.3, -0.25) is 14.5 Å². The van der Waals surface area contributed by atoms with Gasteiger partial charge < -0.3 is 10.5 Å². The van der Waals surface area contributed by atoms with Crippen LogP contribution in [0.2, 0.25) is 0 Å². The Kier molecular flexibility index (Phi) is 4.12. The summed E-state index contributed by atoms with van der Waals surface area (Å²) in [5.74, 6) is 0.245. The Labute approximate surface area is 134 Å². The first-order chi connectivity index (χ1) is 11.1. The van der Waals surface area contributed by atoms with E-state index in [1.165, 1.54) is 4.90 Å². The Morgan fingerprint density at radius 2 is 1.57 bits per heavy atom. The fourth-order valence-electron chi connectivity index (χ4n) is 2.77. The molecule has 2 N–H and O–H groups in total. The van der Waals surface area contributed by atoms with Crippen molar-refractivity contribution in [3.63, 3.8) is 0 Å². The molecule has 1 atom stereocenters. The van der Waals surface area contributed by atoms with Gasteiger partial charge in [0.15, 0.2) is 0 Å². The number of carbonyl (C=O) groups excluding carboxylic acids is 2. The molecule has 0 fully saturated rings. The molecular formula is C18H18N2O3. The van der Waals surface area contributed by atoms with Crippen LogP contribution in [0.15, 0.2) is 48.5 Å². The van der Waals surface area contributed by atoms with Gasteiger partial charge in [0.25, 0.3) is 11.8 Å². The lowest BCUT2D eigenvalue weighted by Gasteiger charge is -2.19. The van der Waals surface area contributed by atoms with Gasteiger partial charge in [-0.15, -0.1) is 0 Å². The zero-order chi connectivity index (χ0) is 16.4. The lowest BCUT2D eigenvalue weighted by atomic mass is 10.1. The van der Waals surface area contributed by atoms with Crippen molar-refractivity contribution < 1.29 is 14.3 Å². The molecule has 1 heterocycles. The molecule has 0 unspecified atom stereocenters. The number of benzene rings is 2. The molecule has 0 aromatic heterocycles. The number of nitrogens with zero attached hydrogens (tertiary/aromatic N) is 1. The molecule has 0 saturated heterocycles. The number of imide groups is 1. The smallest absolute Gasteiger partial charge is 0.261 e. The Morgan fingerprint density at radius 3 is 2.09 bits per heavy atom. The van der Waals surface area contributed by atoms with Gasteiger partial charge in [-0.25, -0.2) is 0 Å². The normalized spacial score (nSPS) is 14.8. The van der Waals surface area contributed by atoms with Crippen molar-refractivity contribution in [2.75, 3.05) is 13.7 Å². The number of hydrogen-bond donors (Lipinski definition) is 1. The van der Waals surface area contributed by atoms with Crippen molar-refractivity contribution in [3.8, 4) is 5.75 Å². The fourth-order valence-corrected chi connectivity index (χ4v) is 2.77. The summed E-state index contributed by atoms with van der Waals surface area (Å²) in [5, 5.41) is 0. The van der Waals surface area contributed by atoms with Crippen LogP contribution in [-0.4, -0.2) is 36.4 Å². The molecule has 1 aliphatic rings. The molecule has 5 heteroatoms. The summed E-state index contributed by atoms with van der Waals surface area (Å²) < 4.78 is 5.12. The van der Waals surface area contributed by atoms with Gasteiger partial charge in [-0.2, -0.15) is 0 Å². The SMILES string of the molecule is COc1ccc(C[C@H](N)CN2C(=O)c3ccccc3C2=O)cc1. The topological polar surface area (TPSA) is 72.6 Å². The highest BCUT2D eigenvalue weighted by molar-refractivity contribution is 6.21. The molecule has 2 amide bonds. The molecule has 0 spiro atoms. The van der Waals surface area contributed by atoms with Crippen molar-refractivity contribution in [2.24, 2.45) is 5.73 Å². The van der Waals surface area contributed by atoms with E-state index in [1.807, 2.05) is 24.3 Å². The van der Waals surface area contributed by atoms with Gasteiger partial charge in [0.2, 0.25) is 0 Å². The van der Waals surface area contributed by atoms with Crippen molar-refractivity contribution in [1.29, 1.82) is 0 Å². The van der Waals surface area contributed by atoms with E-state index in [0.717, 1.165) is 11.3 Å². The standard InChI is InChI=1S/C18H18N2O3/c1-23-14-8-6-12(7-9-14)10-13(19)11-20-17(21)15-4-2-3-5-16(15)18(20)22/h2-9,13H,10-11,19H2,1H3/t13-/m0/s1. The molecule has 2 aromatic rings. The third-order valence-electron chi connectivity index (χ3n) is 3.95. The van der Waals surface area contributed by atoms with Crippen molar-refractivity contribution in [3.05, 3.63) is 65.2 Å². The molecule has 118 valence electrons. The quantitative estimate of drug-likeness (QED) is 0.856. The first kappa shape index (κ1) is 15.2. The molecule has 0 radical (unpaired) electrons. The van der Waals surface area contributed by atoms with Crippen LogP contribution in [0, 0.1) is 0 Å². The molecule has 23 heavy (non-hydrogen) atoms. The largest absolute Gasteiger partial charge is 0.497 e. The maximum absolute atomic E-state index is 12.3. The summed E-state index contributed by atoms with van der Waals surface area (Å²) in [6.45, 7) is 0.207. The molecule has 5 nitrogen and oxygen atoms in total. The highest BCUT2D eigenvalue weighted by Crippen LogP contribution is 2.22. The number of rotatable bonds is 5. The van der Waals surface area contributed by atoms with Gasteiger partial charge in [0.05, 0.1) is 18.2 Å². The van der Waals surface area contributed by atoms with Crippen LogP contribution in [0.4, 0.5) is 0 Å². The maximum Gasteiger partial charge on any atom is 0.261 e. The molecule has 0 bridgehead atoms. The van der Waals surface area contributed by atoms with Crippen LogP contribution in [-0.2, 0) is 6.42 Å². The molecule has 0 aliphatic carbocycles. The summed E-state index contributed by atoms with van der Waals surface area (Å²) in [4.78, 5) is 25.9. The van der Waals surface area contributed by atoms with Crippen LogP contribution in [0.3, 0.4) is 0 Å². The van der Waals surface area contributed by atoms with Crippen molar-refractivity contribution >= 4 is 11.8 Å². The first-order valence-electron chi connectivity index (χ1n) is 7.44. The predicted octanol–water partition coefficient (Wildman–Crippen LogP) is 1.86. The molecular weight excluding hydrogens is 292 g/mol. The average molecular weight is 310 g/mol. The minimum absolute atomic E-state index is 0.207. The molecule has 1 aliphatic heterocycles. The van der Waals surface area contributed by atoms with Gasteiger partial charge in [-0.05, 0) is 36.2 Å². The second-order valence-electron chi connectivity index (χ2n) is 5.58.